The number of benzene rings is 2. The molecule has 4 nitrogen and oxygen atoms in total. The number of hydrogen-bond acceptors (Lipinski definition) is 3. The summed E-state index contributed by atoms with van der Waals surface area (Å²) in [6.07, 6.45) is 0. The summed E-state index contributed by atoms with van der Waals surface area (Å²) in [5, 5.41) is 18.7. The van der Waals surface area contributed by atoms with Crippen LogP contribution in [0.25, 0.3) is 0 Å². The average Bonchev–Trinajstić information content (AvgIpc) is 2.41. The lowest BCUT2D eigenvalue weighted by molar-refractivity contribution is -0.139. The Kier molecular flexibility index (Phi) is 4.20. The van der Waals surface area contributed by atoms with Gasteiger partial charge in [-0.2, -0.15) is 0 Å². The molecule has 104 valence electrons. The van der Waals surface area contributed by atoms with E-state index in [0.29, 0.717) is 5.56 Å². The molecule has 0 radical (unpaired) electrons. The lowest BCUT2D eigenvalue weighted by Gasteiger charge is -2.14. The topological polar surface area (TPSA) is 66.8 Å². The van der Waals surface area contributed by atoms with E-state index in [0.717, 1.165) is 6.07 Å². The summed E-state index contributed by atoms with van der Waals surface area (Å²) < 4.78 is 18.4. The monoisotopic (exact) mass is 276 g/mol. The molecule has 2 N–H and O–H groups in total. The molecule has 1 atom stereocenters. The molecule has 0 fully saturated rings. The maximum absolute atomic E-state index is 13.1. The van der Waals surface area contributed by atoms with Gasteiger partial charge in [0.2, 0.25) is 0 Å². The van der Waals surface area contributed by atoms with Gasteiger partial charge < -0.3 is 14.9 Å². The van der Waals surface area contributed by atoms with E-state index in [-0.39, 0.29) is 18.1 Å². The van der Waals surface area contributed by atoms with Crippen LogP contribution in [0.2, 0.25) is 0 Å². The molecule has 2 aromatic carbocycles. The van der Waals surface area contributed by atoms with Crippen molar-refractivity contribution < 1.29 is 24.1 Å². The maximum Gasteiger partial charge on any atom is 0.314 e. The molecular formula is C15H13FO4. The van der Waals surface area contributed by atoms with Gasteiger partial charge in [0.25, 0.3) is 0 Å². The van der Waals surface area contributed by atoms with Crippen molar-refractivity contribution in [2.24, 2.45) is 0 Å². The van der Waals surface area contributed by atoms with Crippen molar-refractivity contribution in [1.29, 1.82) is 0 Å². The summed E-state index contributed by atoms with van der Waals surface area (Å²) in [4.78, 5) is 11.3. The number of aromatic hydroxyl groups is 1. The number of para-hydroxylation sites is 2. The highest BCUT2D eigenvalue weighted by atomic mass is 19.1. The van der Waals surface area contributed by atoms with Gasteiger partial charge in [-0.3, -0.25) is 4.79 Å². The zero-order valence-electron chi connectivity index (χ0n) is 10.5. The van der Waals surface area contributed by atoms with E-state index in [9.17, 15) is 19.4 Å². The minimum Gasteiger partial charge on any atom is -0.504 e. The molecule has 0 aliphatic heterocycles. The Morgan fingerprint density at radius 2 is 1.95 bits per heavy atom. The number of ether oxygens (including phenoxy) is 1. The van der Waals surface area contributed by atoms with E-state index >= 15 is 0 Å². The van der Waals surface area contributed by atoms with Gasteiger partial charge in [0.05, 0.1) is 0 Å². The first kappa shape index (κ1) is 13.9. The quantitative estimate of drug-likeness (QED) is 0.881. The van der Waals surface area contributed by atoms with Gasteiger partial charge in [-0.15, -0.1) is 0 Å². The van der Waals surface area contributed by atoms with Gasteiger partial charge in [-0.25, -0.2) is 4.39 Å². The highest BCUT2D eigenvalue weighted by molar-refractivity contribution is 5.76. The lowest BCUT2D eigenvalue weighted by atomic mass is 10.0. The van der Waals surface area contributed by atoms with E-state index in [4.69, 9.17) is 4.74 Å². The summed E-state index contributed by atoms with van der Waals surface area (Å²) in [6, 6.07) is 11.6. The zero-order valence-corrected chi connectivity index (χ0v) is 10.5. The highest BCUT2D eigenvalue weighted by Gasteiger charge is 2.21. The maximum atomic E-state index is 13.1. The van der Waals surface area contributed by atoms with Crippen LogP contribution in [0.15, 0.2) is 48.5 Å². The molecule has 0 aliphatic rings. The van der Waals surface area contributed by atoms with Crippen LogP contribution < -0.4 is 4.74 Å². The number of carboxylic acid groups (broad SMARTS) is 1. The van der Waals surface area contributed by atoms with Crippen molar-refractivity contribution in [3.8, 4) is 11.5 Å². The molecule has 0 saturated heterocycles. The van der Waals surface area contributed by atoms with Gasteiger partial charge in [0.1, 0.15) is 18.3 Å². The summed E-state index contributed by atoms with van der Waals surface area (Å²) in [6.45, 7) is -0.198. The lowest BCUT2D eigenvalue weighted by Crippen LogP contribution is -2.19. The minimum absolute atomic E-state index is 0.0733. The third-order valence-corrected chi connectivity index (χ3v) is 2.82. The Balaban J connectivity index is 2.15. The number of carboxylic acids is 1. The second-order valence-corrected chi connectivity index (χ2v) is 4.22. The highest BCUT2D eigenvalue weighted by Crippen LogP contribution is 2.26. The van der Waals surface area contributed by atoms with Crippen molar-refractivity contribution >= 4 is 5.97 Å². The summed E-state index contributed by atoms with van der Waals surface area (Å²) in [7, 11) is 0. The first-order chi connectivity index (χ1) is 9.58. The van der Waals surface area contributed by atoms with Crippen LogP contribution in [0.1, 0.15) is 11.5 Å². The summed E-state index contributed by atoms with van der Waals surface area (Å²) >= 11 is 0. The SMILES string of the molecule is O=C(O)C(COc1ccccc1O)c1cccc(F)c1. The second kappa shape index (κ2) is 6.06. The minimum atomic E-state index is -1.12. The Bertz CT molecular complexity index is 612. The molecule has 2 rings (SSSR count). The number of hydrogen-bond donors (Lipinski definition) is 2. The van der Waals surface area contributed by atoms with Crippen molar-refractivity contribution in [3.05, 3.63) is 59.9 Å². The number of phenols is 1. The number of halogens is 1. The molecule has 1 unspecified atom stereocenters. The van der Waals surface area contributed by atoms with Gasteiger partial charge >= 0.3 is 5.97 Å². The summed E-state index contributed by atoms with van der Waals surface area (Å²) in [5.41, 5.74) is 0.313. The zero-order chi connectivity index (χ0) is 14.5. The number of phenolic OH excluding ortho intramolecular Hbond substituents is 1. The standard InChI is InChI=1S/C15H13FO4/c16-11-5-3-4-10(8-11)12(15(18)19)9-20-14-7-2-1-6-13(14)17/h1-8,12,17H,9H2,(H,18,19). The number of carbonyl (C=O) groups is 1. The molecule has 0 spiro atoms. The molecule has 0 saturated carbocycles. The van der Waals surface area contributed by atoms with Gasteiger partial charge in [0, 0.05) is 0 Å². The Labute approximate surface area is 115 Å². The Morgan fingerprint density at radius 3 is 2.60 bits per heavy atom. The van der Waals surface area contributed by atoms with E-state index < -0.39 is 17.7 Å². The third kappa shape index (κ3) is 3.26. The van der Waals surface area contributed by atoms with E-state index in [2.05, 4.69) is 0 Å². The van der Waals surface area contributed by atoms with Gasteiger partial charge in [-0.1, -0.05) is 24.3 Å². The van der Waals surface area contributed by atoms with Crippen LogP contribution in [-0.2, 0) is 4.79 Å². The molecule has 20 heavy (non-hydrogen) atoms. The van der Waals surface area contributed by atoms with Crippen LogP contribution in [0.5, 0.6) is 11.5 Å². The fraction of sp³-hybridized carbons (Fsp3) is 0.133. The number of aliphatic carboxylic acids is 1. The van der Waals surface area contributed by atoms with Crippen molar-refractivity contribution in [3.63, 3.8) is 0 Å². The first-order valence-electron chi connectivity index (χ1n) is 5.97. The first-order valence-corrected chi connectivity index (χ1v) is 5.97. The summed E-state index contributed by atoms with van der Waals surface area (Å²) in [5.74, 6) is -2.52. The average molecular weight is 276 g/mol. The largest absolute Gasteiger partial charge is 0.504 e. The fourth-order valence-electron chi connectivity index (χ4n) is 1.79. The van der Waals surface area contributed by atoms with Crippen LogP contribution in [0.4, 0.5) is 4.39 Å². The second-order valence-electron chi connectivity index (χ2n) is 4.22. The Morgan fingerprint density at radius 1 is 1.20 bits per heavy atom. The van der Waals surface area contributed by atoms with Crippen LogP contribution in [0, 0.1) is 5.82 Å². The van der Waals surface area contributed by atoms with E-state index in [1.165, 1.54) is 30.3 Å². The molecule has 0 bridgehead atoms. The van der Waals surface area contributed by atoms with E-state index in [1.54, 1.807) is 12.1 Å². The van der Waals surface area contributed by atoms with Crippen LogP contribution >= 0.6 is 0 Å². The predicted octanol–water partition coefficient (Wildman–Crippen LogP) is 2.78. The van der Waals surface area contributed by atoms with Crippen molar-refractivity contribution in [2.45, 2.75) is 5.92 Å². The van der Waals surface area contributed by atoms with E-state index in [1.807, 2.05) is 0 Å². The molecule has 0 aliphatic carbocycles. The number of rotatable bonds is 5. The molecule has 5 heteroatoms. The normalized spacial score (nSPS) is 11.8. The molecule has 0 heterocycles. The van der Waals surface area contributed by atoms with Crippen molar-refractivity contribution in [2.75, 3.05) is 6.61 Å². The Hall–Kier alpha value is -2.56. The predicted molar refractivity (Wildman–Crippen MR) is 70.4 cm³/mol. The molecule has 0 amide bonds. The molecule has 2 aromatic rings. The van der Waals surface area contributed by atoms with Crippen molar-refractivity contribution in [1.82, 2.24) is 0 Å². The molecule has 0 aromatic heterocycles. The van der Waals surface area contributed by atoms with Crippen LogP contribution in [0.3, 0.4) is 0 Å². The fourth-order valence-corrected chi connectivity index (χ4v) is 1.79. The van der Waals surface area contributed by atoms with Gasteiger partial charge in [-0.05, 0) is 29.8 Å². The third-order valence-electron chi connectivity index (χ3n) is 2.82. The van der Waals surface area contributed by atoms with Gasteiger partial charge in [0.15, 0.2) is 11.5 Å². The van der Waals surface area contributed by atoms with Crippen LogP contribution in [-0.4, -0.2) is 22.8 Å². The molecular weight excluding hydrogens is 263 g/mol. The smallest absolute Gasteiger partial charge is 0.314 e.